The Balaban J connectivity index is 2.11. The molecule has 0 aliphatic heterocycles. The van der Waals surface area contributed by atoms with E-state index in [9.17, 15) is 5.11 Å². The quantitative estimate of drug-likeness (QED) is 0.527. The summed E-state index contributed by atoms with van der Waals surface area (Å²) in [6.07, 6.45) is 4.53. The van der Waals surface area contributed by atoms with Crippen LogP contribution >= 0.6 is 0 Å². The zero-order valence-corrected chi connectivity index (χ0v) is 7.63. The van der Waals surface area contributed by atoms with Crippen LogP contribution in [-0.4, -0.2) is 30.8 Å². The number of nitrogens with two attached hydrogens (primary N) is 1. The van der Waals surface area contributed by atoms with Gasteiger partial charge in [0.25, 0.3) is 0 Å². The van der Waals surface area contributed by atoms with Crippen LogP contribution in [0.3, 0.4) is 0 Å². The Bertz CT molecular complexity index is 119. The van der Waals surface area contributed by atoms with E-state index in [-0.39, 0.29) is 6.10 Å². The maximum atomic E-state index is 9.60. The molecule has 4 N–H and O–H groups in total. The third kappa shape index (κ3) is 3.09. The molecule has 1 fully saturated rings. The van der Waals surface area contributed by atoms with Gasteiger partial charge in [-0.25, -0.2) is 0 Å². The van der Waals surface area contributed by atoms with Crippen LogP contribution in [0.5, 0.6) is 0 Å². The number of rotatable bonds is 4. The lowest BCUT2D eigenvalue weighted by Gasteiger charge is -2.27. The monoisotopic (exact) mass is 172 g/mol. The number of hydrogen-bond acceptors (Lipinski definition) is 3. The summed E-state index contributed by atoms with van der Waals surface area (Å²) in [6.45, 7) is 2.48. The minimum absolute atomic E-state index is 0.0796. The van der Waals surface area contributed by atoms with Crippen LogP contribution < -0.4 is 11.1 Å². The molecule has 1 saturated carbocycles. The lowest BCUT2D eigenvalue weighted by atomic mass is 9.86. The number of hydrogen-bond donors (Lipinski definition) is 3. The van der Waals surface area contributed by atoms with Gasteiger partial charge < -0.3 is 16.2 Å². The SMILES string of the molecule is NCCNCC1CCCCC1O. The van der Waals surface area contributed by atoms with Gasteiger partial charge in [-0.2, -0.15) is 0 Å². The predicted octanol–water partition coefficient (Wildman–Crippen LogP) is 0.0858. The van der Waals surface area contributed by atoms with Gasteiger partial charge in [0.1, 0.15) is 0 Å². The minimum Gasteiger partial charge on any atom is -0.393 e. The van der Waals surface area contributed by atoms with Crippen LogP contribution in [0.1, 0.15) is 25.7 Å². The molecule has 0 heterocycles. The average molecular weight is 172 g/mol. The molecule has 0 aromatic rings. The van der Waals surface area contributed by atoms with Crippen molar-refractivity contribution in [1.82, 2.24) is 5.32 Å². The van der Waals surface area contributed by atoms with Gasteiger partial charge in [0.05, 0.1) is 6.10 Å². The zero-order chi connectivity index (χ0) is 8.81. The van der Waals surface area contributed by atoms with Crippen molar-refractivity contribution in [2.45, 2.75) is 31.8 Å². The van der Waals surface area contributed by atoms with Crippen molar-refractivity contribution in [1.29, 1.82) is 0 Å². The standard InChI is InChI=1S/C9H20N2O/c10-5-6-11-7-8-3-1-2-4-9(8)12/h8-9,11-12H,1-7,10H2. The molecule has 2 atom stereocenters. The Hall–Kier alpha value is -0.120. The Kier molecular flexibility index (Phi) is 4.58. The molecule has 72 valence electrons. The van der Waals surface area contributed by atoms with Crippen LogP contribution in [0.2, 0.25) is 0 Å². The molecular weight excluding hydrogens is 152 g/mol. The van der Waals surface area contributed by atoms with Crippen LogP contribution in [0, 0.1) is 5.92 Å². The molecule has 0 radical (unpaired) electrons. The fraction of sp³-hybridized carbons (Fsp3) is 1.00. The average Bonchev–Trinajstić information content (AvgIpc) is 2.09. The normalized spacial score (nSPS) is 30.5. The zero-order valence-electron chi connectivity index (χ0n) is 7.63. The number of aliphatic hydroxyl groups excluding tert-OH is 1. The van der Waals surface area contributed by atoms with E-state index in [0.29, 0.717) is 12.5 Å². The minimum atomic E-state index is -0.0796. The van der Waals surface area contributed by atoms with Crippen molar-refractivity contribution in [3.05, 3.63) is 0 Å². The smallest absolute Gasteiger partial charge is 0.0580 e. The van der Waals surface area contributed by atoms with Crippen molar-refractivity contribution in [3.63, 3.8) is 0 Å². The highest BCUT2D eigenvalue weighted by Crippen LogP contribution is 2.23. The highest BCUT2D eigenvalue weighted by Gasteiger charge is 2.21. The fourth-order valence-electron chi connectivity index (χ4n) is 1.82. The summed E-state index contributed by atoms with van der Waals surface area (Å²) in [4.78, 5) is 0. The van der Waals surface area contributed by atoms with Gasteiger partial charge in [0.15, 0.2) is 0 Å². The van der Waals surface area contributed by atoms with Gasteiger partial charge in [0.2, 0.25) is 0 Å². The number of nitrogens with one attached hydrogen (secondary N) is 1. The van der Waals surface area contributed by atoms with E-state index in [1.807, 2.05) is 0 Å². The molecule has 0 amide bonds. The van der Waals surface area contributed by atoms with Gasteiger partial charge in [-0.3, -0.25) is 0 Å². The van der Waals surface area contributed by atoms with E-state index in [1.165, 1.54) is 19.3 Å². The Labute approximate surface area is 74.3 Å². The van der Waals surface area contributed by atoms with Crippen molar-refractivity contribution >= 4 is 0 Å². The van der Waals surface area contributed by atoms with Crippen LogP contribution in [0.4, 0.5) is 0 Å². The molecule has 1 aliphatic carbocycles. The van der Waals surface area contributed by atoms with Gasteiger partial charge in [-0.05, 0) is 18.8 Å². The molecule has 12 heavy (non-hydrogen) atoms. The first-order valence-electron chi connectivity index (χ1n) is 4.93. The summed E-state index contributed by atoms with van der Waals surface area (Å²) in [5, 5.41) is 12.8. The maximum absolute atomic E-state index is 9.60. The summed E-state index contributed by atoms with van der Waals surface area (Å²) in [5.74, 6) is 0.463. The highest BCUT2D eigenvalue weighted by atomic mass is 16.3. The highest BCUT2D eigenvalue weighted by molar-refractivity contribution is 4.75. The van der Waals surface area contributed by atoms with Crippen molar-refractivity contribution in [2.24, 2.45) is 11.7 Å². The van der Waals surface area contributed by atoms with Crippen LogP contribution in [-0.2, 0) is 0 Å². The maximum Gasteiger partial charge on any atom is 0.0580 e. The molecule has 2 unspecified atom stereocenters. The van der Waals surface area contributed by atoms with E-state index in [0.717, 1.165) is 19.5 Å². The number of aliphatic hydroxyl groups is 1. The Morgan fingerprint density at radius 1 is 1.33 bits per heavy atom. The molecule has 3 nitrogen and oxygen atoms in total. The molecule has 0 bridgehead atoms. The molecule has 1 rings (SSSR count). The third-order valence-electron chi connectivity index (χ3n) is 2.60. The van der Waals surface area contributed by atoms with E-state index in [1.54, 1.807) is 0 Å². The van der Waals surface area contributed by atoms with Gasteiger partial charge in [-0.15, -0.1) is 0 Å². The molecule has 0 aromatic heterocycles. The molecule has 1 aliphatic rings. The van der Waals surface area contributed by atoms with Crippen molar-refractivity contribution in [2.75, 3.05) is 19.6 Å². The second-order valence-electron chi connectivity index (χ2n) is 3.60. The topological polar surface area (TPSA) is 58.3 Å². The summed E-state index contributed by atoms with van der Waals surface area (Å²) < 4.78 is 0. The molecular formula is C9H20N2O. The van der Waals surface area contributed by atoms with E-state index in [4.69, 9.17) is 5.73 Å². The first-order chi connectivity index (χ1) is 5.84. The fourth-order valence-corrected chi connectivity index (χ4v) is 1.82. The summed E-state index contributed by atoms with van der Waals surface area (Å²) in [6, 6.07) is 0. The first kappa shape index (κ1) is 9.96. The first-order valence-corrected chi connectivity index (χ1v) is 4.93. The lowest BCUT2D eigenvalue weighted by molar-refractivity contribution is 0.0699. The molecule has 0 saturated heterocycles. The van der Waals surface area contributed by atoms with Gasteiger partial charge in [0, 0.05) is 19.6 Å². The van der Waals surface area contributed by atoms with E-state index >= 15 is 0 Å². The molecule has 0 aromatic carbocycles. The third-order valence-corrected chi connectivity index (χ3v) is 2.60. The molecule has 3 heteroatoms. The Morgan fingerprint density at radius 3 is 2.75 bits per heavy atom. The largest absolute Gasteiger partial charge is 0.393 e. The molecule has 0 spiro atoms. The van der Waals surface area contributed by atoms with Crippen LogP contribution in [0.15, 0.2) is 0 Å². The summed E-state index contributed by atoms with van der Waals surface area (Å²) in [7, 11) is 0. The predicted molar refractivity (Wildman–Crippen MR) is 49.9 cm³/mol. The second-order valence-corrected chi connectivity index (χ2v) is 3.60. The van der Waals surface area contributed by atoms with Crippen molar-refractivity contribution in [3.8, 4) is 0 Å². The van der Waals surface area contributed by atoms with Gasteiger partial charge >= 0.3 is 0 Å². The van der Waals surface area contributed by atoms with Crippen LogP contribution in [0.25, 0.3) is 0 Å². The second kappa shape index (κ2) is 5.51. The van der Waals surface area contributed by atoms with Crippen molar-refractivity contribution < 1.29 is 5.11 Å². The van der Waals surface area contributed by atoms with Gasteiger partial charge in [-0.1, -0.05) is 12.8 Å². The summed E-state index contributed by atoms with van der Waals surface area (Å²) >= 11 is 0. The Morgan fingerprint density at radius 2 is 2.08 bits per heavy atom. The van der Waals surface area contributed by atoms with E-state index in [2.05, 4.69) is 5.32 Å². The van der Waals surface area contributed by atoms with E-state index < -0.39 is 0 Å². The lowest BCUT2D eigenvalue weighted by Crippen LogP contribution is -2.35. The summed E-state index contributed by atoms with van der Waals surface area (Å²) in [5.41, 5.74) is 5.35.